The fourth-order valence-corrected chi connectivity index (χ4v) is 1.85. The van der Waals surface area contributed by atoms with Crippen molar-refractivity contribution in [2.24, 2.45) is 11.8 Å². The van der Waals surface area contributed by atoms with Crippen molar-refractivity contribution >= 4 is 5.78 Å². The highest BCUT2D eigenvalue weighted by Gasteiger charge is 2.46. The van der Waals surface area contributed by atoms with Crippen LogP contribution in [0.4, 0.5) is 13.2 Å². The molecule has 0 aliphatic heterocycles. The molecule has 14 heavy (non-hydrogen) atoms. The average Bonchev–Trinajstić information content (AvgIpc) is 2.02. The summed E-state index contributed by atoms with van der Waals surface area (Å²) in [4.78, 5) is 10.9. The molecule has 0 aromatic heterocycles. The molecular weight excluding hydrogens is 195 g/mol. The molecule has 1 fully saturated rings. The third-order valence-electron chi connectivity index (χ3n) is 2.57. The predicted molar refractivity (Wildman–Crippen MR) is 42.1 cm³/mol. The first-order valence-corrected chi connectivity index (χ1v) is 4.40. The molecule has 1 saturated carbocycles. The van der Waals surface area contributed by atoms with Crippen molar-refractivity contribution in [3.05, 3.63) is 0 Å². The molecule has 0 N–H and O–H groups in total. The van der Waals surface area contributed by atoms with Crippen LogP contribution in [0.5, 0.6) is 0 Å². The Bertz CT molecular complexity index is 266. The van der Waals surface area contributed by atoms with Gasteiger partial charge in [0.05, 0.1) is 12.0 Å². The number of carbonyl (C=O) groups is 1. The highest BCUT2D eigenvalue weighted by molar-refractivity contribution is 5.79. The minimum atomic E-state index is -4.28. The van der Waals surface area contributed by atoms with Gasteiger partial charge in [0.2, 0.25) is 0 Å². The second-order valence-corrected chi connectivity index (χ2v) is 3.55. The lowest BCUT2D eigenvalue weighted by Crippen LogP contribution is -2.35. The molecule has 0 bridgehead atoms. The number of nitrogens with zero attached hydrogens (tertiary/aromatic N) is 1. The van der Waals surface area contributed by atoms with Gasteiger partial charge in [0.1, 0.15) is 5.78 Å². The molecule has 2 nitrogen and oxygen atoms in total. The minimum absolute atomic E-state index is 0.00783. The van der Waals surface area contributed by atoms with Crippen molar-refractivity contribution in [3.63, 3.8) is 0 Å². The summed E-state index contributed by atoms with van der Waals surface area (Å²) < 4.78 is 37.3. The zero-order chi connectivity index (χ0) is 10.8. The maximum absolute atomic E-state index is 12.4. The van der Waals surface area contributed by atoms with Crippen LogP contribution in [-0.2, 0) is 4.79 Å². The van der Waals surface area contributed by atoms with E-state index in [0.717, 1.165) is 0 Å². The van der Waals surface area contributed by atoms with Gasteiger partial charge in [-0.1, -0.05) is 0 Å². The van der Waals surface area contributed by atoms with Crippen LogP contribution in [0.25, 0.3) is 0 Å². The summed E-state index contributed by atoms with van der Waals surface area (Å²) in [6, 6.07) is 1.71. The smallest absolute Gasteiger partial charge is 0.300 e. The van der Waals surface area contributed by atoms with Crippen molar-refractivity contribution in [1.82, 2.24) is 0 Å². The molecule has 78 valence electrons. The first kappa shape index (κ1) is 11.0. The van der Waals surface area contributed by atoms with Crippen LogP contribution in [0.3, 0.4) is 0 Å². The predicted octanol–water partition coefficient (Wildman–Crippen LogP) is 2.45. The molecule has 0 radical (unpaired) electrons. The number of alkyl halides is 3. The number of halogens is 3. The Kier molecular flexibility index (Phi) is 3.14. The van der Waals surface area contributed by atoms with E-state index in [0.29, 0.717) is 0 Å². The number of Topliss-reactive ketones (excluding diaryl/α,β-unsaturated/α-hetero) is 1. The van der Waals surface area contributed by atoms with Crippen molar-refractivity contribution in [2.45, 2.75) is 31.9 Å². The number of ketones is 1. The lowest BCUT2D eigenvalue weighted by Gasteiger charge is -2.30. The van der Waals surface area contributed by atoms with Crippen LogP contribution in [0.1, 0.15) is 25.7 Å². The lowest BCUT2D eigenvalue weighted by molar-refractivity contribution is -0.195. The first-order chi connectivity index (χ1) is 6.45. The monoisotopic (exact) mass is 205 g/mol. The molecular formula is C9H10F3NO. The number of carbonyl (C=O) groups excluding carboxylic acids is 1. The van der Waals surface area contributed by atoms with E-state index in [2.05, 4.69) is 0 Å². The average molecular weight is 205 g/mol. The van der Waals surface area contributed by atoms with Gasteiger partial charge in [-0.2, -0.15) is 18.4 Å². The first-order valence-electron chi connectivity index (χ1n) is 4.40. The van der Waals surface area contributed by atoms with Crippen molar-refractivity contribution < 1.29 is 18.0 Å². The number of hydrogen-bond donors (Lipinski definition) is 0. The summed E-state index contributed by atoms with van der Waals surface area (Å²) >= 11 is 0. The highest BCUT2D eigenvalue weighted by atomic mass is 19.4. The quantitative estimate of drug-likeness (QED) is 0.659. The molecule has 0 heterocycles. The van der Waals surface area contributed by atoms with Gasteiger partial charge in [0.25, 0.3) is 0 Å². The molecule has 0 aromatic carbocycles. The standard InChI is InChI=1S/C9H10F3NO/c10-9(11,12)8-2-1-7(14)5-6(8)3-4-13/h6,8H,1-3,5H2. The van der Waals surface area contributed by atoms with E-state index in [1.165, 1.54) is 0 Å². The van der Waals surface area contributed by atoms with Gasteiger partial charge < -0.3 is 0 Å². The third kappa shape index (κ3) is 2.47. The second-order valence-electron chi connectivity index (χ2n) is 3.55. The largest absolute Gasteiger partial charge is 0.392 e. The Balaban J connectivity index is 2.73. The maximum atomic E-state index is 12.4. The van der Waals surface area contributed by atoms with Gasteiger partial charge in [0.15, 0.2) is 0 Å². The Hall–Kier alpha value is -1.05. The Morgan fingerprint density at radius 3 is 2.64 bits per heavy atom. The third-order valence-corrected chi connectivity index (χ3v) is 2.57. The van der Waals surface area contributed by atoms with E-state index in [-0.39, 0.29) is 31.5 Å². The van der Waals surface area contributed by atoms with E-state index in [1.54, 1.807) is 6.07 Å². The van der Waals surface area contributed by atoms with E-state index >= 15 is 0 Å². The molecule has 2 unspecified atom stereocenters. The fourth-order valence-electron chi connectivity index (χ4n) is 1.85. The molecule has 2 atom stereocenters. The summed E-state index contributed by atoms with van der Waals surface area (Å²) in [6.07, 6.45) is -4.73. The zero-order valence-electron chi connectivity index (χ0n) is 7.47. The van der Waals surface area contributed by atoms with Crippen LogP contribution < -0.4 is 0 Å². The Morgan fingerprint density at radius 2 is 2.14 bits per heavy atom. The molecule has 0 spiro atoms. The highest BCUT2D eigenvalue weighted by Crippen LogP contribution is 2.41. The maximum Gasteiger partial charge on any atom is 0.392 e. The van der Waals surface area contributed by atoms with E-state index < -0.39 is 18.0 Å². The Morgan fingerprint density at radius 1 is 1.50 bits per heavy atom. The second kappa shape index (κ2) is 3.99. The molecule has 0 amide bonds. The summed E-state index contributed by atoms with van der Waals surface area (Å²) in [5.41, 5.74) is 0. The van der Waals surface area contributed by atoms with Gasteiger partial charge in [-0.05, 0) is 12.3 Å². The SMILES string of the molecule is N#CCC1CC(=O)CCC1C(F)(F)F. The number of nitriles is 1. The van der Waals surface area contributed by atoms with Gasteiger partial charge in [0, 0.05) is 19.3 Å². The molecule has 1 aliphatic rings. The normalized spacial score (nSPS) is 28.6. The molecule has 0 saturated heterocycles. The minimum Gasteiger partial charge on any atom is -0.300 e. The summed E-state index contributed by atoms with van der Waals surface area (Å²) in [7, 11) is 0. The number of hydrogen-bond acceptors (Lipinski definition) is 2. The van der Waals surface area contributed by atoms with Crippen LogP contribution in [0.15, 0.2) is 0 Å². The van der Waals surface area contributed by atoms with Crippen LogP contribution in [0, 0.1) is 23.2 Å². The molecule has 1 rings (SSSR count). The van der Waals surface area contributed by atoms with Gasteiger partial charge in [-0.25, -0.2) is 0 Å². The Labute approximate surface area is 79.7 Å². The fraction of sp³-hybridized carbons (Fsp3) is 0.778. The van der Waals surface area contributed by atoms with Crippen molar-refractivity contribution in [1.29, 1.82) is 5.26 Å². The summed E-state index contributed by atoms with van der Waals surface area (Å²) in [5, 5.41) is 8.36. The van der Waals surface area contributed by atoms with Gasteiger partial charge in [-0.15, -0.1) is 0 Å². The van der Waals surface area contributed by atoms with Crippen molar-refractivity contribution in [2.75, 3.05) is 0 Å². The lowest BCUT2D eigenvalue weighted by atomic mass is 9.77. The van der Waals surface area contributed by atoms with Crippen LogP contribution in [0.2, 0.25) is 0 Å². The van der Waals surface area contributed by atoms with Gasteiger partial charge >= 0.3 is 6.18 Å². The summed E-state index contributed by atoms with van der Waals surface area (Å²) in [6.45, 7) is 0. The zero-order valence-corrected chi connectivity index (χ0v) is 7.47. The van der Waals surface area contributed by atoms with Crippen LogP contribution in [-0.4, -0.2) is 12.0 Å². The molecule has 5 heteroatoms. The summed E-state index contributed by atoms with van der Waals surface area (Å²) in [5.74, 6) is -2.47. The van der Waals surface area contributed by atoms with E-state index in [4.69, 9.17) is 5.26 Å². The van der Waals surface area contributed by atoms with E-state index in [9.17, 15) is 18.0 Å². The van der Waals surface area contributed by atoms with Crippen molar-refractivity contribution in [3.8, 4) is 6.07 Å². The van der Waals surface area contributed by atoms with Gasteiger partial charge in [-0.3, -0.25) is 4.79 Å². The van der Waals surface area contributed by atoms with Crippen LogP contribution >= 0.6 is 0 Å². The molecule has 1 aliphatic carbocycles. The number of rotatable bonds is 1. The molecule has 0 aromatic rings. The van der Waals surface area contributed by atoms with E-state index in [1.807, 2.05) is 0 Å². The topological polar surface area (TPSA) is 40.9 Å².